The van der Waals surface area contributed by atoms with Crippen molar-refractivity contribution in [3.63, 3.8) is 0 Å². The van der Waals surface area contributed by atoms with Gasteiger partial charge < -0.3 is 15.2 Å². The van der Waals surface area contributed by atoms with E-state index < -0.39 is 0 Å². The van der Waals surface area contributed by atoms with E-state index in [1.165, 1.54) is 0 Å². The van der Waals surface area contributed by atoms with Crippen LogP contribution in [0.3, 0.4) is 0 Å². The van der Waals surface area contributed by atoms with E-state index in [1.54, 1.807) is 11.8 Å². The molecule has 1 aliphatic heterocycles. The van der Waals surface area contributed by atoms with E-state index in [0.29, 0.717) is 13.4 Å². The molecular formula is C10H13NO2S. The van der Waals surface area contributed by atoms with Crippen molar-refractivity contribution in [1.29, 1.82) is 0 Å². The van der Waals surface area contributed by atoms with E-state index in [4.69, 9.17) is 15.2 Å². The van der Waals surface area contributed by atoms with Crippen molar-refractivity contribution in [3.05, 3.63) is 23.8 Å². The maximum absolute atomic E-state index is 5.88. The quantitative estimate of drug-likeness (QED) is 0.600. The van der Waals surface area contributed by atoms with Gasteiger partial charge in [0, 0.05) is 10.6 Å². The number of thioether (sulfide) groups is 1. The van der Waals surface area contributed by atoms with Crippen LogP contribution in [0, 0.1) is 0 Å². The van der Waals surface area contributed by atoms with Crippen molar-refractivity contribution in [3.8, 4) is 0 Å². The molecule has 0 spiro atoms. The molecule has 1 aliphatic rings. The Bertz CT molecular complexity index is 324. The number of benzene rings is 1. The molecular weight excluding hydrogens is 198 g/mol. The molecule has 1 atom stereocenters. The summed E-state index contributed by atoms with van der Waals surface area (Å²) in [6.45, 7) is 1.00. The van der Waals surface area contributed by atoms with Crippen LogP contribution in [0.1, 0.15) is 11.7 Å². The first-order chi connectivity index (χ1) is 6.83. The second-order valence-electron chi connectivity index (χ2n) is 3.11. The SMILES string of the molecule is CSc1c(N)cccc1C1COCO1. The molecule has 0 aromatic heterocycles. The lowest BCUT2D eigenvalue weighted by Gasteiger charge is -2.13. The Labute approximate surface area is 87.6 Å². The topological polar surface area (TPSA) is 44.5 Å². The molecule has 4 heteroatoms. The Morgan fingerprint density at radius 3 is 3.00 bits per heavy atom. The number of hydrogen-bond donors (Lipinski definition) is 1. The first-order valence-corrected chi connectivity index (χ1v) is 5.67. The molecule has 3 nitrogen and oxygen atoms in total. The van der Waals surface area contributed by atoms with Gasteiger partial charge in [0.1, 0.15) is 12.9 Å². The summed E-state index contributed by atoms with van der Waals surface area (Å²) in [5.74, 6) is 0. The third-order valence-corrected chi connectivity index (χ3v) is 3.13. The molecule has 2 N–H and O–H groups in total. The van der Waals surface area contributed by atoms with Gasteiger partial charge in [-0.1, -0.05) is 12.1 Å². The number of hydrogen-bond acceptors (Lipinski definition) is 4. The van der Waals surface area contributed by atoms with Crippen LogP contribution in [0.5, 0.6) is 0 Å². The molecule has 0 aliphatic carbocycles. The van der Waals surface area contributed by atoms with Crippen LogP contribution in [0.15, 0.2) is 23.1 Å². The highest BCUT2D eigenvalue weighted by Gasteiger charge is 2.21. The molecule has 0 saturated carbocycles. The molecule has 2 rings (SSSR count). The first-order valence-electron chi connectivity index (χ1n) is 4.44. The van der Waals surface area contributed by atoms with Crippen LogP contribution < -0.4 is 5.73 Å². The van der Waals surface area contributed by atoms with Gasteiger partial charge in [0.2, 0.25) is 0 Å². The Balaban J connectivity index is 2.35. The molecule has 1 aromatic rings. The Morgan fingerprint density at radius 1 is 1.50 bits per heavy atom. The molecule has 1 saturated heterocycles. The van der Waals surface area contributed by atoms with E-state index in [9.17, 15) is 0 Å². The Morgan fingerprint density at radius 2 is 2.36 bits per heavy atom. The lowest BCUT2D eigenvalue weighted by Crippen LogP contribution is -2.03. The smallest absolute Gasteiger partial charge is 0.147 e. The van der Waals surface area contributed by atoms with Crippen molar-refractivity contribution < 1.29 is 9.47 Å². The highest BCUT2D eigenvalue weighted by Crippen LogP contribution is 2.34. The van der Waals surface area contributed by atoms with Crippen LogP contribution in [-0.2, 0) is 9.47 Å². The highest BCUT2D eigenvalue weighted by atomic mass is 32.2. The lowest BCUT2D eigenvalue weighted by atomic mass is 10.1. The summed E-state index contributed by atoms with van der Waals surface area (Å²) in [6.07, 6.45) is 2.06. The molecule has 0 radical (unpaired) electrons. The Hall–Kier alpha value is -0.710. The first kappa shape index (κ1) is 9.83. The zero-order chi connectivity index (χ0) is 9.97. The summed E-state index contributed by atoms with van der Waals surface area (Å²) in [5.41, 5.74) is 7.83. The molecule has 1 heterocycles. The summed E-state index contributed by atoms with van der Waals surface area (Å²) >= 11 is 1.65. The second kappa shape index (κ2) is 4.21. The number of anilines is 1. The van der Waals surface area contributed by atoms with Crippen LogP contribution in [-0.4, -0.2) is 19.7 Å². The van der Waals surface area contributed by atoms with E-state index in [1.807, 2.05) is 24.5 Å². The van der Waals surface area contributed by atoms with Gasteiger partial charge >= 0.3 is 0 Å². The second-order valence-corrected chi connectivity index (χ2v) is 3.93. The summed E-state index contributed by atoms with van der Waals surface area (Å²) in [4.78, 5) is 1.10. The monoisotopic (exact) mass is 211 g/mol. The number of rotatable bonds is 2. The van der Waals surface area contributed by atoms with Crippen LogP contribution in [0.2, 0.25) is 0 Å². The van der Waals surface area contributed by atoms with Crippen LogP contribution >= 0.6 is 11.8 Å². The van der Waals surface area contributed by atoms with Gasteiger partial charge in [0.25, 0.3) is 0 Å². The van der Waals surface area contributed by atoms with Crippen molar-refractivity contribution >= 4 is 17.4 Å². The van der Waals surface area contributed by atoms with E-state index in [2.05, 4.69) is 0 Å². The third kappa shape index (κ3) is 1.73. The largest absolute Gasteiger partial charge is 0.398 e. The van der Waals surface area contributed by atoms with Gasteiger partial charge in [0.05, 0.1) is 6.61 Å². The van der Waals surface area contributed by atoms with Gasteiger partial charge in [-0.05, 0) is 17.9 Å². The fourth-order valence-electron chi connectivity index (χ4n) is 1.58. The van der Waals surface area contributed by atoms with E-state index in [-0.39, 0.29) is 6.10 Å². The van der Waals surface area contributed by atoms with Crippen molar-refractivity contribution in [2.24, 2.45) is 0 Å². The van der Waals surface area contributed by atoms with Crippen LogP contribution in [0.4, 0.5) is 5.69 Å². The zero-order valence-corrected chi connectivity index (χ0v) is 8.84. The fourth-order valence-corrected chi connectivity index (χ4v) is 2.31. The molecule has 1 aromatic carbocycles. The minimum atomic E-state index is 0.0425. The van der Waals surface area contributed by atoms with Crippen molar-refractivity contribution in [2.45, 2.75) is 11.0 Å². The minimum absolute atomic E-state index is 0.0425. The summed E-state index contributed by atoms with van der Waals surface area (Å²) < 4.78 is 10.6. The summed E-state index contributed by atoms with van der Waals surface area (Å²) in [5, 5.41) is 0. The lowest BCUT2D eigenvalue weighted by molar-refractivity contribution is 0.0460. The predicted molar refractivity (Wildman–Crippen MR) is 57.3 cm³/mol. The average Bonchev–Trinajstić information content (AvgIpc) is 2.70. The van der Waals surface area contributed by atoms with Gasteiger partial charge in [-0.2, -0.15) is 0 Å². The summed E-state index contributed by atoms with van der Waals surface area (Å²) in [6, 6.07) is 5.90. The van der Waals surface area contributed by atoms with Crippen molar-refractivity contribution in [1.82, 2.24) is 0 Å². The normalized spacial score (nSPS) is 21.4. The predicted octanol–water partition coefficient (Wildman–Crippen LogP) is 2.04. The highest BCUT2D eigenvalue weighted by molar-refractivity contribution is 7.98. The minimum Gasteiger partial charge on any atom is -0.398 e. The zero-order valence-electron chi connectivity index (χ0n) is 8.03. The van der Waals surface area contributed by atoms with Gasteiger partial charge in [-0.3, -0.25) is 0 Å². The number of ether oxygens (including phenoxy) is 2. The number of nitrogens with two attached hydrogens (primary N) is 1. The van der Waals surface area contributed by atoms with Gasteiger partial charge in [-0.25, -0.2) is 0 Å². The third-order valence-electron chi connectivity index (χ3n) is 2.25. The Kier molecular flexibility index (Phi) is 2.96. The van der Waals surface area contributed by atoms with Crippen molar-refractivity contribution in [2.75, 3.05) is 25.4 Å². The molecule has 1 unspecified atom stereocenters. The van der Waals surface area contributed by atoms with E-state index in [0.717, 1.165) is 16.1 Å². The molecule has 0 bridgehead atoms. The summed E-state index contributed by atoms with van der Waals surface area (Å²) in [7, 11) is 0. The van der Waals surface area contributed by atoms with Crippen LogP contribution in [0.25, 0.3) is 0 Å². The molecule has 14 heavy (non-hydrogen) atoms. The van der Waals surface area contributed by atoms with Gasteiger partial charge in [-0.15, -0.1) is 11.8 Å². The maximum atomic E-state index is 5.88. The number of nitrogen functional groups attached to an aromatic ring is 1. The standard InChI is InChI=1S/C10H13NO2S/c1-14-10-7(3-2-4-8(10)11)9-5-12-6-13-9/h2-4,9H,5-6,11H2,1H3. The average molecular weight is 211 g/mol. The fraction of sp³-hybridized carbons (Fsp3) is 0.400. The molecule has 0 amide bonds. The van der Waals surface area contributed by atoms with E-state index >= 15 is 0 Å². The molecule has 76 valence electrons. The maximum Gasteiger partial charge on any atom is 0.147 e. The van der Waals surface area contributed by atoms with Gasteiger partial charge in [0.15, 0.2) is 0 Å². The molecule has 1 fully saturated rings.